The Morgan fingerprint density at radius 3 is 2.70 bits per heavy atom. The van der Waals surface area contributed by atoms with Crippen LogP contribution in [-0.4, -0.2) is 53.9 Å². The fraction of sp³-hybridized carbons (Fsp3) is 0.545. The average Bonchev–Trinajstić information content (AvgIpc) is 2.33. The fourth-order valence-corrected chi connectivity index (χ4v) is 1.50. The van der Waals surface area contributed by atoms with Gasteiger partial charge in [-0.25, -0.2) is 5.10 Å². The van der Waals surface area contributed by atoms with Gasteiger partial charge in [0.25, 0.3) is 11.5 Å². The number of nitrogens with one attached hydrogen (secondary N) is 2. The van der Waals surface area contributed by atoms with Crippen LogP contribution in [0.3, 0.4) is 0 Å². The van der Waals surface area contributed by atoms with Gasteiger partial charge in [0.1, 0.15) is 5.69 Å². The van der Waals surface area contributed by atoms with Crippen LogP contribution in [-0.2, 0) is 0 Å². The van der Waals surface area contributed by atoms with E-state index in [4.69, 9.17) is 0 Å². The number of H-pyrrole nitrogens is 1. The number of aromatic amines is 1. The number of aromatic nitrogens is 2. The molecule has 0 spiro atoms. The minimum atomic E-state index is -4.22. The summed E-state index contributed by atoms with van der Waals surface area (Å²) in [6, 6.07) is 2.43. The Bertz CT molecular complexity index is 481. The second-order valence-electron chi connectivity index (χ2n) is 4.27. The maximum Gasteiger partial charge on any atom is 0.401 e. The molecule has 0 radical (unpaired) electrons. The maximum absolute atomic E-state index is 12.0. The molecule has 1 aromatic heterocycles. The van der Waals surface area contributed by atoms with E-state index in [9.17, 15) is 22.8 Å². The van der Waals surface area contributed by atoms with Crippen molar-refractivity contribution in [3.8, 4) is 0 Å². The van der Waals surface area contributed by atoms with Gasteiger partial charge < -0.3 is 5.32 Å². The first-order valence-corrected chi connectivity index (χ1v) is 5.87. The van der Waals surface area contributed by atoms with Crippen molar-refractivity contribution < 1.29 is 18.0 Å². The van der Waals surface area contributed by atoms with E-state index in [2.05, 4.69) is 15.5 Å². The number of carbonyl (C=O) groups excluding carboxylic acids is 1. The van der Waals surface area contributed by atoms with Crippen LogP contribution in [0.25, 0.3) is 0 Å². The van der Waals surface area contributed by atoms with Crippen molar-refractivity contribution in [2.45, 2.75) is 12.6 Å². The number of nitrogens with zero attached hydrogens (tertiary/aromatic N) is 2. The topological polar surface area (TPSA) is 78.1 Å². The van der Waals surface area contributed by atoms with Gasteiger partial charge in [-0.05, 0) is 26.1 Å². The molecule has 20 heavy (non-hydrogen) atoms. The van der Waals surface area contributed by atoms with Gasteiger partial charge in [0.2, 0.25) is 0 Å². The number of hydrogen-bond donors (Lipinski definition) is 2. The van der Waals surface area contributed by atoms with Crippen LogP contribution in [0.1, 0.15) is 16.9 Å². The van der Waals surface area contributed by atoms with Crippen molar-refractivity contribution >= 4 is 5.91 Å². The van der Waals surface area contributed by atoms with Crippen molar-refractivity contribution in [3.63, 3.8) is 0 Å². The molecule has 2 N–H and O–H groups in total. The van der Waals surface area contributed by atoms with Gasteiger partial charge in [0.15, 0.2) is 0 Å². The van der Waals surface area contributed by atoms with Crippen molar-refractivity contribution in [1.29, 1.82) is 0 Å². The predicted molar refractivity (Wildman–Crippen MR) is 65.4 cm³/mol. The zero-order valence-electron chi connectivity index (χ0n) is 10.8. The summed E-state index contributed by atoms with van der Waals surface area (Å²) in [4.78, 5) is 23.4. The molecule has 0 saturated heterocycles. The van der Waals surface area contributed by atoms with Crippen molar-refractivity contribution in [2.75, 3.05) is 26.7 Å². The highest BCUT2D eigenvalue weighted by molar-refractivity contribution is 5.91. The molecule has 1 aromatic rings. The standard InChI is InChI=1S/C11H15F3N4O2/c1-18(7-11(12,13)14)6-2-5-15-10(20)8-3-4-9(19)17-16-8/h3-4H,2,5-7H2,1H3,(H,15,20)(H,17,19). The Morgan fingerprint density at radius 2 is 2.15 bits per heavy atom. The smallest absolute Gasteiger partial charge is 0.351 e. The van der Waals surface area contributed by atoms with Crippen LogP contribution in [0.4, 0.5) is 13.2 Å². The van der Waals surface area contributed by atoms with Crippen LogP contribution in [0.2, 0.25) is 0 Å². The predicted octanol–water partition coefficient (Wildman–Crippen LogP) is 0.384. The second kappa shape index (κ2) is 7.04. The molecule has 0 aliphatic carbocycles. The number of carbonyl (C=O) groups is 1. The molecule has 112 valence electrons. The van der Waals surface area contributed by atoms with Crippen LogP contribution < -0.4 is 10.9 Å². The van der Waals surface area contributed by atoms with Gasteiger partial charge in [0, 0.05) is 12.6 Å². The summed E-state index contributed by atoms with van der Waals surface area (Å²) >= 11 is 0. The fourth-order valence-electron chi connectivity index (χ4n) is 1.50. The lowest BCUT2D eigenvalue weighted by Crippen LogP contribution is -2.34. The first-order chi connectivity index (χ1) is 9.28. The molecule has 1 rings (SSSR count). The third kappa shape index (κ3) is 6.32. The molecular weight excluding hydrogens is 277 g/mol. The Labute approximate surface area is 113 Å². The van der Waals surface area contributed by atoms with Crippen LogP contribution >= 0.6 is 0 Å². The molecule has 0 aliphatic heterocycles. The molecule has 0 aliphatic rings. The van der Waals surface area contributed by atoms with Gasteiger partial charge in [-0.2, -0.15) is 18.3 Å². The van der Waals surface area contributed by atoms with E-state index in [1.165, 1.54) is 19.2 Å². The summed E-state index contributed by atoms with van der Waals surface area (Å²) < 4.78 is 36.1. The summed E-state index contributed by atoms with van der Waals surface area (Å²) in [7, 11) is 1.36. The van der Waals surface area contributed by atoms with E-state index >= 15 is 0 Å². The highest BCUT2D eigenvalue weighted by Crippen LogP contribution is 2.15. The third-order valence-electron chi connectivity index (χ3n) is 2.36. The molecule has 0 atom stereocenters. The molecule has 9 heteroatoms. The van der Waals surface area contributed by atoms with Crippen molar-refractivity contribution in [3.05, 3.63) is 28.2 Å². The van der Waals surface area contributed by atoms with Gasteiger partial charge >= 0.3 is 6.18 Å². The highest BCUT2D eigenvalue weighted by Gasteiger charge is 2.28. The Morgan fingerprint density at radius 1 is 1.45 bits per heavy atom. The number of halogens is 3. The zero-order chi connectivity index (χ0) is 15.2. The van der Waals surface area contributed by atoms with E-state index in [-0.39, 0.29) is 18.8 Å². The lowest BCUT2D eigenvalue weighted by molar-refractivity contribution is -0.143. The number of amides is 1. The molecule has 6 nitrogen and oxygen atoms in total. The van der Waals surface area contributed by atoms with E-state index < -0.39 is 24.2 Å². The quantitative estimate of drug-likeness (QED) is 0.743. The lowest BCUT2D eigenvalue weighted by atomic mass is 10.3. The van der Waals surface area contributed by atoms with Crippen molar-refractivity contribution in [2.24, 2.45) is 0 Å². The van der Waals surface area contributed by atoms with Gasteiger partial charge in [-0.3, -0.25) is 14.5 Å². The largest absolute Gasteiger partial charge is 0.401 e. The average molecular weight is 292 g/mol. The van der Waals surface area contributed by atoms with Crippen LogP contribution in [0.15, 0.2) is 16.9 Å². The number of alkyl halides is 3. The van der Waals surface area contributed by atoms with E-state index in [0.29, 0.717) is 6.42 Å². The minimum Gasteiger partial charge on any atom is -0.351 e. The number of hydrogen-bond acceptors (Lipinski definition) is 4. The van der Waals surface area contributed by atoms with Gasteiger partial charge in [-0.15, -0.1) is 0 Å². The van der Waals surface area contributed by atoms with E-state index in [0.717, 1.165) is 4.90 Å². The Hall–Kier alpha value is -1.90. The molecule has 0 bridgehead atoms. The van der Waals surface area contributed by atoms with Gasteiger partial charge in [0.05, 0.1) is 6.54 Å². The SMILES string of the molecule is CN(CCCNC(=O)c1ccc(=O)[nH]n1)CC(F)(F)F. The minimum absolute atomic E-state index is 0.0493. The van der Waals surface area contributed by atoms with Crippen LogP contribution in [0.5, 0.6) is 0 Å². The monoisotopic (exact) mass is 292 g/mol. The second-order valence-corrected chi connectivity index (χ2v) is 4.27. The summed E-state index contributed by atoms with van der Waals surface area (Å²) in [5.41, 5.74) is -0.372. The Balaban J connectivity index is 2.26. The first kappa shape index (κ1) is 16.2. The molecule has 1 heterocycles. The molecule has 1 amide bonds. The molecule has 0 unspecified atom stereocenters. The number of rotatable bonds is 6. The van der Waals surface area contributed by atoms with E-state index in [1.54, 1.807) is 0 Å². The normalized spacial score (nSPS) is 11.7. The zero-order valence-corrected chi connectivity index (χ0v) is 10.8. The summed E-state index contributed by atoms with van der Waals surface area (Å²) in [6.45, 7) is -0.552. The third-order valence-corrected chi connectivity index (χ3v) is 2.36. The molecule has 0 saturated carbocycles. The molecule has 0 aromatic carbocycles. The molecular formula is C11H15F3N4O2. The summed E-state index contributed by atoms with van der Waals surface area (Å²) in [5, 5.41) is 8.15. The molecule has 0 fully saturated rings. The van der Waals surface area contributed by atoms with Crippen LogP contribution in [0, 0.1) is 0 Å². The van der Waals surface area contributed by atoms with Gasteiger partial charge in [-0.1, -0.05) is 0 Å². The lowest BCUT2D eigenvalue weighted by Gasteiger charge is -2.18. The van der Waals surface area contributed by atoms with Crippen molar-refractivity contribution in [1.82, 2.24) is 20.4 Å². The highest BCUT2D eigenvalue weighted by atomic mass is 19.4. The first-order valence-electron chi connectivity index (χ1n) is 5.87. The summed E-state index contributed by atoms with van der Waals surface area (Å²) in [6.07, 6.45) is -3.85. The Kier molecular flexibility index (Phi) is 5.68. The maximum atomic E-state index is 12.0. The van der Waals surface area contributed by atoms with E-state index in [1.807, 2.05) is 0 Å². The summed E-state index contributed by atoms with van der Waals surface area (Å²) in [5.74, 6) is -0.486.